The van der Waals surface area contributed by atoms with Crippen molar-refractivity contribution in [3.05, 3.63) is 95.1 Å². The fourth-order valence-corrected chi connectivity index (χ4v) is 4.64. The maximum absolute atomic E-state index is 15.0. The molecule has 5 nitrogen and oxygen atoms in total. The minimum Gasteiger partial charge on any atom is -0.494 e. The molecule has 1 atom stereocenters. The van der Waals surface area contributed by atoms with Gasteiger partial charge < -0.3 is 20.1 Å². The summed E-state index contributed by atoms with van der Waals surface area (Å²) in [5.74, 6) is -6.26. The number of methoxy groups -OCH3 is 1. The molecule has 0 radical (unpaired) electrons. The maximum Gasteiger partial charge on any atom is 0.461 e. The van der Waals surface area contributed by atoms with Crippen LogP contribution in [0.3, 0.4) is 0 Å². The number of benzene rings is 3. The van der Waals surface area contributed by atoms with E-state index in [1.54, 1.807) is 30.3 Å². The van der Waals surface area contributed by atoms with E-state index in [2.05, 4.69) is 15.4 Å². The molecule has 220 valence electrons. The summed E-state index contributed by atoms with van der Waals surface area (Å²) in [5, 5.41) is 4.96. The van der Waals surface area contributed by atoms with Crippen LogP contribution in [0.25, 0.3) is 0 Å². The van der Waals surface area contributed by atoms with Crippen LogP contribution in [0.2, 0.25) is 0 Å². The number of halogens is 8. The van der Waals surface area contributed by atoms with E-state index in [-0.39, 0.29) is 23.3 Å². The lowest BCUT2D eigenvalue weighted by Gasteiger charge is -2.39. The fourth-order valence-electron chi connectivity index (χ4n) is 4.64. The number of rotatable bonds is 10. The van der Waals surface area contributed by atoms with Crippen molar-refractivity contribution in [2.45, 2.75) is 49.3 Å². The van der Waals surface area contributed by atoms with Crippen LogP contribution in [-0.2, 0) is 12.0 Å². The Morgan fingerprint density at radius 1 is 1.00 bits per heavy atom. The third kappa shape index (κ3) is 6.83. The predicted octanol–water partition coefficient (Wildman–Crippen LogP) is 6.79. The molecule has 0 spiro atoms. The van der Waals surface area contributed by atoms with Gasteiger partial charge in [-0.25, -0.2) is 22.4 Å². The summed E-state index contributed by atoms with van der Waals surface area (Å²) in [5.41, 5.74) is -1.81. The Bertz CT molecular complexity index is 1380. The molecule has 1 unspecified atom stereocenters. The molecular formula is C28H24F8N2O3. The van der Waals surface area contributed by atoms with Gasteiger partial charge in [-0.2, -0.15) is 17.6 Å². The number of urea groups is 1. The lowest BCUT2D eigenvalue weighted by molar-refractivity contribution is -0.253. The molecule has 0 saturated heterocycles. The summed E-state index contributed by atoms with van der Waals surface area (Å²) in [4.78, 5) is 13.2. The molecule has 2 amide bonds. The number of carbonyl (C=O) groups is 1. The average molecular weight is 588 g/mol. The third-order valence-corrected chi connectivity index (χ3v) is 6.58. The largest absolute Gasteiger partial charge is 0.494 e. The molecule has 3 aromatic rings. The van der Waals surface area contributed by atoms with E-state index in [0.29, 0.717) is 11.6 Å². The number of nitrogens with one attached hydrogen (secondary N) is 2. The molecule has 41 heavy (non-hydrogen) atoms. The van der Waals surface area contributed by atoms with E-state index in [0.717, 1.165) is 18.2 Å². The Morgan fingerprint density at radius 3 is 2.27 bits per heavy atom. The molecule has 1 aliphatic carbocycles. The fraction of sp³-hybridized carbons (Fsp3) is 0.321. The summed E-state index contributed by atoms with van der Waals surface area (Å²) in [6, 6.07) is 11.8. The maximum atomic E-state index is 15.0. The van der Waals surface area contributed by atoms with Gasteiger partial charge in [0.1, 0.15) is 11.6 Å². The summed E-state index contributed by atoms with van der Waals surface area (Å²) < 4.78 is 119. The Hall–Kier alpha value is -4.03. The zero-order valence-corrected chi connectivity index (χ0v) is 21.4. The van der Waals surface area contributed by atoms with Gasteiger partial charge in [0.25, 0.3) is 5.92 Å². The number of alkyl halides is 6. The van der Waals surface area contributed by atoms with Gasteiger partial charge in [0.2, 0.25) is 0 Å². The van der Waals surface area contributed by atoms with Crippen molar-refractivity contribution in [3.8, 4) is 11.5 Å². The summed E-state index contributed by atoms with van der Waals surface area (Å²) in [7, 11) is 1.20. The van der Waals surface area contributed by atoms with Gasteiger partial charge in [0.05, 0.1) is 12.6 Å². The highest BCUT2D eigenvalue weighted by Gasteiger charge is 2.47. The highest BCUT2D eigenvalue weighted by atomic mass is 19.3. The first-order chi connectivity index (χ1) is 19.2. The Morgan fingerprint density at radius 2 is 1.68 bits per heavy atom. The number of carbonyl (C=O) groups excluding carboxylic acids is 1. The number of hydrogen-bond donors (Lipinski definition) is 2. The predicted molar refractivity (Wildman–Crippen MR) is 131 cm³/mol. The standard InChI is InChI=1S/C28H24F8N2O3/c1-40-23-8-7-17(11-22(23)30)27(13-16-5-3-2-4-6-16,38-25(39)37-20-14-26(33,34)15-20)18-9-19(29)12-21(10-18)41-28(35,36)24(31)32/h2-12,20,24H,13-15H2,1H3,(H2,37,38,39). The molecule has 1 fully saturated rings. The van der Waals surface area contributed by atoms with Gasteiger partial charge in [0, 0.05) is 31.4 Å². The molecule has 1 aliphatic rings. The summed E-state index contributed by atoms with van der Waals surface area (Å²) in [6.45, 7) is 0. The summed E-state index contributed by atoms with van der Waals surface area (Å²) >= 11 is 0. The topological polar surface area (TPSA) is 59.6 Å². The molecule has 0 heterocycles. The normalized spacial score (nSPS) is 16.4. The highest BCUT2D eigenvalue weighted by Crippen LogP contribution is 2.40. The molecule has 2 N–H and O–H groups in total. The quantitative estimate of drug-likeness (QED) is 0.257. The van der Waals surface area contributed by atoms with Crippen LogP contribution in [0.15, 0.2) is 66.7 Å². The van der Waals surface area contributed by atoms with Crippen molar-refractivity contribution >= 4 is 6.03 Å². The van der Waals surface area contributed by atoms with E-state index in [1.165, 1.54) is 19.2 Å². The van der Waals surface area contributed by atoms with Crippen molar-refractivity contribution in [1.82, 2.24) is 10.6 Å². The monoisotopic (exact) mass is 588 g/mol. The smallest absolute Gasteiger partial charge is 0.461 e. The van der Waals surface area contributed by atoms with E-state index in [4.69, 9.17) is 4.74 Å². The Balaban J connectivity index is 1.88. The van der Waals surface area contributed by atoms with Gasteiger partial charge in [-0.15, -0.1) is 0 Å². The highest BCUT2D eigenvalue weighted by molar-refractivity contribution is 5.77. The van der Waals surface area contributed by atoms with E-state index in [1.807, 2.05) is 0 Å². The van der Waals surface area contributed by atoms with E-state index < -0.39 is 66.3 Å². The molecule has 0 aromatic heterocycles. The molecular weight excluding hydrogens is 564 g/mol. The number of ether oxygens (including phenoxy) is 2. The van der Waals surface area contributed by atoms with Crippen molar-refractivity contribution in [2.24, 2.45) is 0 Å². The van der Waals surface area contributed by atoms with Crippen LogP contribution < -0.4 is 20.1 Å². The molecule has 4 rings (SSSR count). The van der Waals surface area contributed by atoms with Gasteiger partial charge in [0.15, 0.2) is 11.6 Å². The van der Waals surface area contributed by atoms with Crippen LogP contribution in [0.4, 0.5) is 39.9 Å². The van der Waals surface area contributed by atoms with Gasteiger partial charge in [-0.1, -0.05) is 36.4 Å². The first kappa shape index (κ1) is 29.9. The minimum absolute atomic E-state index is 0.0362. The van der Waals surface area contributed by atoms with Gasteiger partial charge in [-0.05, 0) is 41.0 Å². The second-order valence-corrected chi connectivity index (χ2v) is 9.62. The second kappa shape index (κ2) is 11.5. The van der Waals surface area contributed by atoms with Crippen LogP contribution in [0, 0.1) is 11.6 Å². The number of hydrogen-bond acceptors (Lipinski definition) is 3. The third-order valence-electron chi connectivity index (χ3n) is 6.58. The number of amides is 2. The molecule has 1 saturated carbocycles. The van der Waals surface area contributed by atoms with Crippen LogP contribution in [0.1, 0.15) is 29.5 Å². The van der Waals surface area contributed by atoms with E-state index >= 15 is 0 Å². The lowest BCUT2D eigenvalue weighted by atomic mass is 9.77. The van der Waals surface area contributed by atoms with Crippen LogP contribution in [-0.4, -0.2) is 37.6 Å². The average Bonchev–Trinajstić information content (AvgIpc) is 2.87. The van der Waals surface area contributed by atoms with Crippen molar-refractivity contribution in [3.63, 3.8) is 0 Å². The van der Waals surface area contributed by atoms with Crippen molar-refractivity contribution in [1.29, 1.82) is 0 Å². The van der Waals surface area contributed by atoms with Crippen molar-refractivity contribution < 1.29 is 49.4 Å². The van der Waals surface area contributed by atoms with Crippen LogP contribution in [0.5, 0.6) is 11.5 Å². The zero-order valence-electron chi connectivity index (χ0n) is 21.4. The molecule has 13 heteroatoms. The van der Waals surface area contributed by atoms with Gasteiger partial charge in [-0.3, -0.25) is 0 Å². The second-order valence-electron chi connectivity index (χ2n) is 9.62. The molecule has 0 bridgehead atoms. The zero-order chi connectivity index (χ0) is 30.0. The summed E-state index contributed by atoms with van der Waals surface area (Å²) in [6.07, 6.45) is -10.8. The molecule has 3 aromatic carbocycles. The first-order valence-electron chi connectivity index (χ1n) is 12.2. The van der Waals surface area contributed by atoms with Gasteiger partial charge >= 0.3 is 18.6 Å². The SMILES string of the molecule is COc1ccc(C(Cc2ccccc2)(NC(=O)NC2CC(F)(F)C2)c2cc(F)cc(OC(F)(F)C(F)F)c2)cc1F. The van der Waals surface area contributed by atoms with E-state index in [9.17, 15) is 39.9 Å². The van der Waals surface area contributed by atoms with Crippen LogP contribution >= 0.6 is 0 Å². The first-order valence-corrected chi connectivity index (χ1v) is 12.2. The Kier molecular flexibility index (Phi) is 8.36. The minimum atomic E-state index is -4.99. The Labute approximate surface area is 229 Å². The lowest BCUT2D eigenvalue weighted by Crippen LogP contribution is -2.58. The van der Waals surface area contributed by atoms with Crippen molar-refractivity contribution in [2.75, 3.05) is 7.11 Å². The molecule has 0 aliphatic heterocycles.